The molecule has 0 aliphatic carbocycles. The largest absolute Gasteiger partial charge is 1.00 e. The number of rotatable bonds is 0. The average molecular weight is 189 g/mol. The van der Waals surface area contributed by atoms with Crippen LogP contribution in [-0.4, -0.2) is 5.09 Å². The van der Waals surface area contributed by atoms with Crippen LogP contribution in [0.4, 0.5) is 0 Å². The molecule has 0 heterocycles. The summed E-state index contributed by atoms with van der Waals surface area (Å²) in [5, 5.41) is 14.8. The molecule has 0 saturated heterocycles. The molecule has 0 spiro atoms. The van der Waals surface area contributed by atoms with E-state index in [0.717, 1.165) is 0 Å². The van der Waals surface area contributed by atoms with Gasteiger partial charge >= 0.3 is 0 Å². The molecule has 5 heavy (non-hydrogen) atoms. The molecule has 0 aromatic heterocycles. The number of halogens is 1. The van der Waals surface area contributed by atoms with E-state index in [4.69, 9.17) is 15.3 Å². The monoisotopic (exact) mass is 189 g/mol. The minimum atomic E-state index is -1.75. The summed E-state index contributed by atoms with van der Waals surface area (Å²) in [6.45, 7) is 0. The molecule has 0 aromatic rings. The van der Waals surface area contributed by atoms with Crippen LogP contribution in [0.5, 0.6) is 0 Å². The van der Waals surface area contributed by atoms with Gasteiger partial charge in [0.05, 0.1) is 5.09 Å². The van der Waals surface area contributed by atoms with Crippen LogP contribution in [0, 0.1) is 15.3 Å². The number of nitrogens with zero attached hydrogens (tertiary/aromatic N) is 1. The zero-order valence-corrected chi connectivity index (χ0v) is 4.21. The van der Waals surface area contributed by atoms with Gasteiger partial charge in [-0.2, -0.15) is 0 Å². The molecular weight excluding hydrogens is 189 g/mol. The molecule has 0 atom stereocenters. The third-order valence-corrected chi connectivity index (χ3v) is 0. The molecule has 0 aliphatic rings. The van der Waals surface area contributed by atoms with Crippen molar-refractivity contribution in [1.29, 1.82) is 0 Å². The molecule has 0 fully saturated rings. The fourth-order valence-corrected chi connectivity index (χ4v) is 0. The SMILES string of the molecule is O=[N+]([O-])[O-].[I-]. The van der Waals surface area contributed by atoms with E-state index in [2.05, 4.69) is 0 Å². The summed E-state index contributed by atoms with van der Waals surface area (Å²) < 4.78 is 0. The van der Waals surface area contributed by atoms with E-state index in [0.29, 0.717) is 0 Å². The van der Waals surface area contributed by atoms with Gasteiger partial charge in [0.15, 0.2) is 0 Å². The molecule has 4 nitrogen and oxygen atoms in total. The molecular formula is INO3-2. The van der Waals surface area contributed by atoms with E-state index in [1.165, 1.54) is 0 Å². The van der Waals surface area contributed by atoms with Crippen molar-refractivity contribution in [2.45, 2.75) is 0 Å². The van der Waals surface area contributed by atoms with Crippen LogP contribution < -0.4 is 24.0 Å². The number of hydrogen-bond donors (Lipinski definition) is 0. The van der Waals surface area contributed by atoms with Gasteiger partial charge in [0, 0.05) is 0 Å². The lowest BCUT2D eigenvalue weighted by molar-refractivity contribution is -0.402. The Hall–Kier alpha value is -0.0700. The Kier molecular flexibility index (Phi) is 6.97. The Morgan fingerprint density at radius 3 is 1.40 bits per heavy atom. The highest BCUT2D eigenvalue weighted by molar-refractivity contribution is 4.03. The molecule has 5 heteroatoms. The van der Waals surface area contributed by atoms with Crippen molar-refractivity contribution in [3.8, 4) is 0 Å². The third-order valence-electron chi connectivity index (χ3n) is 0. The van der Waals surface area contributed by atoms with Gasteiger partial charge in [-0.05, 0) is 0 Å². The predicted molar refractivity (Wildman–Crippen MR) is 10.4 cm³/mol. The van der Waals surface area contributed by atoms with Gasteiger partial charge in [-0.25, -0.2) is 0 Å². The van der Waals surface area contributed by atoms with Crippen molar-refractivity contribution >= 4 is 0 Å². The second kappa shape index (κ2) is 3.93. The Labute approximate surface area is 44.9 Å². The standard InChI is InChI=1S/HI.NO3/c;2-1(3)4/h1H;/q;-1/p-1. The summed E-state index contributed by atoms with van der Waals surface area (Å²) in [7, 11) is 0. The minimum Gasteiger partial charge on any atom is -1.00 e. The molecule has 0 unspecified atom stereocenters. The van der Waals surface area contributed by atoms with Crippen molar-refractivity contribution in [3.05, 3.63) is 15.3 Å². The lowest BCUT2D eigenvalue weighted by atomic mass is 13.1. The third kappa shape index (κ3) is 2990. The van der Waals surface area contributed by atoms with Crippen LogP contribution in [0.2, 0.25) is 0 Å². The van der Waals surface area contributed by atoms with Gasteiger partial charge < -0.3 is 39.3 Å². The molecule has 0 saturated carbocycles. The highest BCUT2D eigenvalue weighted by Crippen LogP contribution is 1.44. The summed E-state index contributed by atoms with van der Waals surface area (Å²) in [6.07, 6.45) is 0. The molecule has 0 aromatic carbocycles. The molecule has 32 valence electrons. The Balaban J connectivity index is 0. The molecule has 0 amide bonds. The Morgan fingerprint density at radius 1 is 1.40 bits per heavy atom. The summed E-state index contributed by atoms with van der Waals surface area (Å²) in [5.74, 6) is 0. The quantitative estimate of drug-likeness (QED) is 0.228. The van der Waals surface area contributed by atoms with Gasteiger partial charge in [-0.15, -0.1) is 0 Å². The normalized spacial score (nSPS) is 4.80. The van der Waals surface area contributed by atoms with Crippen LogP contribution >= 0.6 is 0 Å². The lowest BCUT2D eigenvalue weighted by Gasteiger charge is -1.74. The van der Waals surface area contributed by atoms with Crippen LogP contribution in [0.1, 0.15) is 0 Å². The van der Waals surface area contributed by atoms with E-state index in [-0.39, 0.29) is 24.0 Å². The van der Waals surface area contributed by atoms with Crippen molar-refractivity contribution in [3.63, 3.8) is 0 Å². The van der Waals surface area contributed by atoms with Crippen LogP contribution in [0.15, 0.2) is 0 Å². The van der Waals surface area contributed by atoms with Gasteiger partial charge in [-0.3, -0.25) is 0 Å². The zero-order valence-electron chi connectivity index (χ0n) is 2.05. The lowest BCUT2D eigenvalue weighted by Crippen LogP contribution is -3.00. The van der Waals surface area contributed by atoms with Crippen LogP contribution in [-0.2, 0) is 0 Å². The molecule has 0 rings (SSSR count). The van der Waals surface area contributed by atoms with Crippen molar-refractivity contribution < 1.29 is 29.1 Å². The minimum absolute atomic E-state index is 0. The molecule has 0 aliphatic heterocycles. The highest BCUT2D eigenvalue weighted by atomic mass is 127. The zero-order chi connectivity index (χ0) is 3.58. The molecule has 0 bridgehead atoms. The van der Waals surface area contributed by atoms with E-state index in [9.17, 15) is 0 Å². The summed E-state index contributed by atoms with van der Waals surface area (Å²) >= 11 is 0. The smallest absolute Gasteiger partial charge is 0.0689 e. The summed E-state index contributed by atoms with van der Waals surface area (Å²) in [4.78, 5) is 8.25. The Morgan fingerprint density at radius 2 is 1.40 bits per heavy atom. The molecule has 0 N–H and O–H groups in total. The maximum Gasteiger partial charge on any atom is 0.0689 e. The first-order chi connectivity index (χ1) is 1.73. The van der Waals surface area contributed by atoms with E-state index >= 15 is 0 Å². The van der Waals surface area contributed by atoms with E-state index in [1.54, 1.807) is 0 Å². The second-order valence-electron chi connectivity index (χ2n) is 0.224. The van der Waals surface area contributed by atoms with Crippen LogP contribution in [0.3, 0.4) is 0 Å². The van der Waals surface area contributed by atoms with E-state index < -0.39 is 5.09 Å². The summed E-state index contributed by atoms with van der Waals surface area (Å²) in [5.41, 5.74) is 0. The Bertz CT molecular complexity index is 29.9. The van der Waals surface area contributed by atoms with Crippen molar-refractivity contribution in [2.24, 2.45) is 0 Å². The first-order valence-electron chi connectivity index (χ1n) is 0.548. The molecule has 0 radical (unpaired) electrons. The number of hydrogen-bond acceptors (Lipinski definition) is 3. The second-order valence-corrected chi connectivity index (χ2v) is 0.224. The predicted octanol–water partition coefficient (Wildman–Crippen LogP) is -3.24. The maximum atomic E-state index is 8.25. The first kappa shape index (κ1) is 8.87. The van der Waals surface area contributed by atoms with Gasteiger partial charge in [0.2, 0.25) is 0 Å². The van der Waals surface area contributed by atoms with Gasteiger partial charge in [0.25, 0.3) is 0 Å². The van der Waals surface area contributed by atoms with Crippen molar-refractivity contribution in [2.75, 3.05) is 0 Å². The van der Waals surface area contributed by atoms with Gasteiger partial charge in [0.1, 0.15) is 0 Å². The van der Waals surface area contributed by atoms with Gasteiger partial charge in [-0.1, -0.05) is 0 Å². The first-order valence-corrected chi connectivity index (χ1v) is 0.548. The fourth-order valence-electron chi connectivity index (χ4n) is 0. The fraction of sp³-hybridized carbons (Fsp3) is 0. The topological polar surface area (TPSA) is 66.2 Å². The summed E-state index contributed by atoms with van der Waals surface area (Å²) in [6, 6.07) is 0. The highest BCUT2D eigenvalue weighted by Gasteiger charge is 1.45. The average Bonchev–Trinajstić information content (AvgIpc) is 0.811. The van der Waals surface area contributed by atoms with Crippen LogP contribution in [0.25, 0.3) is 0 Å². The maximum absolute atomic E-state index is 8.25. The van der Waals surface area contributed by atoms with Crippen molar-refractivity contribution in [1.82, 2.24) is 0 Å². The van der Waals surface area contributed by atoms with E-state index in [1.807, 2.05) is 0 Å².